The molecule has 0 unspecified atom stereocenters. The van der Waals surface area contributed by atoms with Crippen molar-refractivity contribution in [3.63, 3.8) is 0 Å². The molecule has 1 heterocycles. The van der Waals surface area contributed by atoms with Gasteiger partial charge in [-0.25, -0.2) is 9.89 Å². The maximum Gasteiger partial charge on any atom is 0.343 e. The van der Waals surface area contributed by atoms with Crippen LogP contribution in [-0.4, -0.2) is 32.0 Å². The first kappa shape index (κ1) is 21.9. The van der Waals surface area contributed by atoms with Crippen LogP contribution in [0.1, 0.15) is 31.4 Å². The highest BCUT2D eigenvalue weighted by Crippen LogP contribution is 2.20. The van der Waals surface area contributed by atoms with Gasteiger partial charge in [0.15, 0.2) is 5.16 Å². The Balaban J connectivity index is 1.51. The summed E-state index contributed by atoms with van der Waals surface area (Å²) in [6, 6.07) is 20.3. The molecule has 2 aromatic carbocycles. The number of carbonyl (C=O) groups is 1. The van der Waals surface area contributed by atoms with Crippen molar-refractivity contribution >= 4 is 17.7 Å². The standard InChI is InChI=1S/C23H28N4O2S/c1-17(13-14-19-9-5-3-6-10-19)24-21(28)18(2)30-23-26-25-22(29)27(23)16-15-20-11-7-4-8-12-20/h3-12,17-18H,13-16H2,1-2H3,(H,24,28)(H,25,29)/t17-,18+/m1/s1. The molecule has 3 aromatic rings. The van der Waals surface area contributed by atoms with E-state index >= 15 is 0 Å². The second-order valence-electron chi connectivity index (χ2n) is 7.39. The summed E-state index contributed by atoms with van der Waals surface area (Å²) < 4.78 is 1.60. The largest absolute Gasteiger partial charge is 0.353 e. The van der Waals surface area contributed by atoms with Crippen LogP contribution in [0.25, 0.3) is 0 Å². The monoisotopic (exact) mass is 424 g/mol. The van der Waals surface area contributed by atoms with Gasteiger partial charge in [0, 0.05) is 12.6 Å². The number of rotatable bonds is 10. The Hall–Kier alpha value is -2.80. The van der Waals surface area contributed by atoms with E-state index in [1.54, 1.807) is 4.57 Å². The normalized spacial score (nSPS) is 13.0. The van der Waals surface area contributed by atoms with Gasteiger partial charge < -0.3 is 5.32 Å². The van der Waals surface area contributed by atoms with Crippen LogP contribution in [0, 0.1) is 0 Å². The van der Waals surface area contributed by atoms with Crippen molar-refractivity contribution in [3.8, 4) is 0 Å². The number of H-pyrrole nitrogens is 1. The molecule has 0 radical (unpaired) electrons. The number of hydrogen-bond donors (Lipinski definition) is 2. The van der Waals surface area contributed by atoms with E-state index in [1.807, 2.05) is 62.4 Å². The van der Waals surface area contributed by atoms with Gasteiger partial charge in [0.05, 0.1) is 5.25 Å². The van der Waals surface area contributed by atoms with Crippen LogP contribution in [0.5, 0.6) is 0 Å². The Kier molecular flexibility index (Phi) is 7.90. The van der Waals surface area contributed by atoms with E-state index in [9.17, 15) is 9.59 Å². The van der Waals surface area contributed by atoms with Crippen LogP contribution in [0.2, 0.25) is 0 Å². The molecule has 2 N–H and O–H groups in total. The summed E-state index contributed by atoms with van der Waals surface area (Å²) in [7, 11) is 0. The molecule has 3 rings (SSSR count). The van der Waals surface area contributed by atoms with Crippen LogP contribution < -0.4 is 11.0 Å². The van der Waals surface area contributed by atoms with Gasteiger partial charge in [-0.15, -0.1) is 5.10 Å². The molecule has 0 aliphatic rings. The van der Waals surface area contributed by atoms with Gasteiger partial charge >= 0.3 is 5.69 Å². The Morgan fingerprint density at radius 2 is 1.63 bits per heavy atom. The zero-order chi connectivity index (χ0) is 21.3. The van der Waals surface area contributed by atoms with E-state index in [2.05, 4.69) is 27.6 Å². The van der Waals surface area contributed by atoms with Crippen molar-refractivity contribution < 1.29 is 4.79 Å². The quantitative estimate of drug-likeness (QED) is 0.489. The highest BCUT2D eigenvalue weighted by Gasteiger charge is 2.20. The fraction of sp³-hybridized carbons (Fsp3) is 0.348. The number of nitrogens with zero attached hydrogens (tertiary/aromatic N) is 2. The average Bonchev–Trinajstić information content (AvgIpc) is 3.11. The summed E-state index contributed by atoms with van der Waals surface area (Å²) in [5.74, 6) is -0.0504. The van der Waals surface area contributed by atoms with Crippen LogP contribution in [0.3, 0.4) is 0 Å². The van der Waals surface area contributed by atoms with Crippen LogP contribution in [0.4, 0.5) is 0 Å². The Morgan fingerprint density at radius 3 is 2.27 bits per heavy atom. The van der Waals surface area contributed by atoms with Crippen molar-refractivity contribution in [2.45, 2.75) is 56.1 Å². The minimum Gasteiger partial charge on any atom is -0.353 e. The lowest BCUT2D eigenvalue weighted by Gasteiger charge is -2.17. The fourth-order valence-electron chi connectivity index (χ4n) is 3.15. The number of hydrogen-bond acceptors (Lipinski definition) is 4. The van der Waals surface area contributed by atoms with Crippen LogP contribution >= 0.6 is 11.8 Å². The molecule has 0 bridgehead atoms. The highest BCUT2D eigenvalue weighted by atomic mass is 32.2. The number of aromatic nitrogens is 3. The summed E-state index contributed by atoms with van der Waals surface area (Å²) in [4.78, 5) is 24.8. The lowest BCUT2D eigenvalue weighted by molar-refractivity contribution is -0.120. The van der Waals surface area contributed by atoms with Crippen molar-refractivity contribution in [2.75, 3.05) is 0 Å². The third-order valence-corrected chi connectivity index (χ3v) is 6.03. The van der Waals surface area contributed by atoms with Crippen molar-refractivity contribution in [1.29, 1.82) is 0 Å². The first-order valence-electron chi connectivity index (χ1n) is 10.2. The van der Waals surface area contributed by atoms with E-state index in [0.29, 0.717) is 11.7 Å². The van der Waals surface area contributed by atoms with E-state index in [0.717, 1.165) is 24.8 Å². The SMILES string of the molecule is C[C@H](CCc1ccccc1)NC(=O)[C@H](C)Sc1n[nH]c(=O)n1CCc1ccccc1. The van der Waals surface area contributed by atoms with Gasteiger partial charge in [0.2, 0.25) is 5.91 Å². The molecule has 30 heavy (non-hydrogen) atoms. The lowest BCUT2D eigenvalue weighted by atomic mass is 10.1. The molecule has 0 aliphatic carbocycles. The highest BCUT2D eigenvalue weighted by molar-refractivity contribution is 8.00. The predicted molar refractivity (Wildman–Crippen MR) is 121 cm³/mol. The number of carbonyl (C=O) groups excluding carboxylic acids is 1. The number of benzene rings is 2. The number of aryl methyl sites for hydroxylation is 2. The van der Waals surface area contributed by atoms with E-state index < -0.39 is 0 Å². The molecule has 1 aromatic heterocycles. The summed E-state index contributed by atoms with van der Waals surface area (Å²) in [5, 5.41) is 9.87. The van der Waals surface area contributed by atoms with Crippen molar-refractivity contribution in [1.82, 2.24) is 20.1 Å². The second kappa shape index (κ2) is 10.8. The van der Waals surface area contributed by atoms with E-state index in [4.69, 9.17) is 0 Å². The molecule has 0 fully saturated rings. The molecule has 158 valence electrons. The fourth-order valence-corrected chi connectivity index (χ4v) is 4.04. The maximum absolute atomic E-state index is 12.6. The second-order valence-corrected chi connectivity index (χ2v) is 8.70. The summed E-state index contributed by atoms with van der Waals surface area (Å²) >= 11 is 1.30. The number of thioether (sulfide) groups is 1. The maximum atomic E-state index is 12.6. The molecule has 0 aliphatic heterocycles. The Morgan fingerprint density at radius 1 is 1.03 bits per heavy atom. The summed E-state index contributed by atoms with van der Waals surface area (Å²) in [5.41, 5.74) is 2.16. The zero-order valence-corrected chi connectivity index (χ0v) is 18.2. The third kappa shape index (κ3) is 6.35. The predicted octanol–water partition coefficient (Wildman–Crippen LogP) is 3.43. The summed E-state index contributed by atoms with van der Waals surface area (Å²) in [6.07, 6.45) is 2.52. The van der Waals surface area contributed by atoms with Gasteiger partial charge in [-0.3, -0.25) is 9.36 Å². The third-order valence-electron chi connectivity index (χ3n) is 4.94. The number of aromatic amines is 1. The minimum atomic E-state index is -0.352. The Labute approximate surface area is 181 Å². The smallest absolute Gasteiger partial charge is 0.343 e. The lowest BCUT2D eigenvalue weighted by Crippen LogP contribution is -2.38. The topological polar surface area (TPSA) is 79.8 Å². The average molecular weight is 425 g/mol. The minimum absolute atomic E-state index is 0.0504. The number of nitrogens with one attached hydrogen (secondary N) is 2. The van der Waals surface area contributed by atoms with E-state index in [-0.39, 0.29) is 22.9 Å². The van der Waals surface area contributed by atoms with Crippen LogP contribution in [-0.2, 0) is 24.2 Å². The van der Waals surface area contributed by atoms with Crippen LogP contribution in [0.15, 0.2) is 70.6 Å². The van der Waals surface area contributed by atoms with Gasteiger partial charge in [0.25, 0.3) is 0 Å². The molecule has 0 saturated heterocycles. The first-order chi connectivity index (χ1) is 14.5. The van der Waals surface area contributed by atoms with Gasteiger partial charge in [-0.2, -0.15) is 0 Å². The van der Waals surface area contributed by atoms with Crippen molar-refractivity contribution in [3.05, 3.63) is 82.3 Å². The number of amides is 1. The molecule has 2 atom stereocenters. The van der Waals surface area contributed by atoms with Crippen molar-refractivity contribution in [2.24, 2.45) is 0 Å². The van der Waals surface area contributed by atoms with E-state index in [1.165, 1.54) is 17.3 Å². The molecule has 1 amide bonds. The first-order valence-corrected chi connectivity index (χ1v) is 11.1. The molecular weight excluding hydrogens is 396 g/mol. The summed E-state index contributed by atoms with van der Waals surface area (Å²) in [6.45, 7) is 4.37. The van der Waals surface area contributed by atoms with Gasteiger partial charge in [-0.05, 0) is 44.2 Å². The zero-order valence-electron chi connectivity index (χ0n) is 17.4. The molecule has 0 spiro atoms. The molecular formula is C23H28N4O2S. The van der Waals surface area contributed by atoms with Gasteiger partial charge in [0.1, 0.15) is 0 Å². The molecule has 6 nitrogen and oxygen atoms in total. The Bertz CT molecular complexity index is 985. The van der Waals surface area contributed by atoms with Gasteiger partial charge in [-0.1, -0.05) is 72.4 Å². The molecule has 7 heteroatoms. The molecule has 0 saturated carbocycles.